The first-order chi connectivity index (χ1) is 15.7. The second kappa shape index (κ2) is 9.15. The Kier molecular flexibility index (Phi) is 6.45. The summed E-state index contributed by atoms with van der Waals surface area (Å²) in [5, 5.41) is 2.92. The van der Waals surface area contributed by atoms with E-state index in [2.05, 4.69) is 5.32 Å². The lowest BCUT2D eigenvalue weighted by Gasteiger charge is -2.45. The number of hydrogen-bond acceptors (Lipinski definition) is 5. The molecule has 1 saturated heterocycles. The number of fused-ring (bicyclic) bond motifs is 3. The van der Waals surface area contributed by atoms with Crippen molar-refractivity contribution in [1.29, 1.82) is 0 Å². The highest BCUT2D eigenvalue weighted by atomic mass is 32.2. The van der Waals surface area contributed by atoms with E-state index in [0.29, 0.717) is 12.1 Å². The molecule has 1 atom stereocenters. The quantitative estimate of drug-likeness (QED) is 0.701. The van der Waals surface area contributed by atoms with Crippen LogP contribution in [0.25, 0.3) is 0 Å². The Bertz CT molecular complexity index is 1180. The number of nitrogens with zero attached hydrogens (tertiary/aromatic N) is 3. The zero-order valence-corrected chi connectivity index (χ0v) is 20.1. The number of hydrogen-bond donors (Lipinski definition) is 1. The number of piperidine rings is 1. The smallest absolute Gasteiger partial charge is 0.250 e. The van der Waals surface area contributed by atoms with Gasteiger partial charge < -0.3 is 10.2 Å². The van der Waals surface area contributed by atoms with Crippen LogP contribution in [0.2, 0.25) is 0 Å². The van der Waals surface area contributed by atoms with E-state index in [9.17, 15) is 18.0 Å². The van der Waals surface area contributed by atoms with Gasteiger partial charge in [0.25, 0.3) is 0 Å². The fraction of sp³-hybridized carbons (Fsp3) is 0.417. The van der Waals surface area contributed by atoms with Crippen LogP contribution in [0.1, 0.15) is 31.7 Å². The molecule has 9 heteroatoms. The van der Waals surface area contributed by atoms with Gasteiger partial charge in [-0.05, 0) is 55.5 Å². The first-order valence-electron chi connectivity index (χ1n) is 11.3. The molecular weight excluding hydrogens is 440 g/mol. The predicted octanol–water partition coefficient (Wildman–Crippen LogP) is 2.84. The van der Waals surface area contributed by atoms with Crippen LogP contribution in [0, 0.1) is 0 Å². The van der Waals surface area contributed by atoms with Gasteiger partial charge in [0.1, 0.15) is 12.6 Å². The Morgan fingerprint density at radius 3 is 2.61 bits per heavy atom. The predicted molar refractivity (Wildman–Crippen MR) is 129 cm³/mol. The summed E-state index contributed by atoms with van der Waals surface area (Å²) in [6.45, 7) is 2.56. The fourth-order valence-corrected chi connectivity index (χ4v) is 5.48. The molecule has 176 valence electrons. The summed E-state index contributed by atoms with van der Waals surface area (Å²) in [6, 6.07) is 12.1. The Morgan fingerprint density at radius 2 is 1.88 bits per heavy atom. The normalized spacial score (nSPS) is 18.2. The molecule has 2 amide bonds. The number of amides is 2. The van der Waals surface area contributed by atoms with Crippen LogP contribution < -0.4 is 15.1 Å². The van der Waals surface area contributed by atoms with E-state index in [1.807, 2.05) is 36.1 Å². The summed E-state index contributed by atoms with van der Waals surface area (Å²) in [5.41, 5.74) is 2.98. The van der Waals surface area contributed by atoms with E-state index in [0.717, 1.165) is 47.1 Å². The van der Waals surface area contributed by atoms with Crippen molar-refractivity contribution in [2.24, 2.45) is 0 Å². The third-order valence-corrected chi connectivity index (χ3v) is 8.16. The van der Waals surface area contributed by atoms with Gasteiger partial charge >= 0.3 is 0 Å². The second-order valence-electron chi connectivity index (χ2n) is 8.63. The lowest BCUT2D eigenvalue weighted by Crippen LogP contribution is -2.56. The van der Waals surface area contributed by atoms with Crippen molar-refractivity contribution in [2.45, 2.75) is 43.5 Å². The minimum absolute atomic E-state index is 0.0937. The molecule has 0 aliphatic carbocycles. The molecule has 0 unspecified atom stereocenters. The number of benzene rings is 2. The van der Waals surface area contributed by atoms with E-state index >= 15 is 0 Å². The van der Waals surface area contributed by atoms with E-state index in [1.165, 1.54) is 25.1 Å². The molecule has 0 spiro atoms. The van der Waals surface area contributed by atoms with Gasteiger partial charge in [0, 0.05) is 26.3 Å². The van der Waals surface area contributed by atoms with Crippen molar-refractivity contribution in [3.63, 3.8) is 0 Å². The van der Waals surface area contributed by atoms with Crippen molar-refractivity contribution in [2.75, 3.05) is 42.3 Å². The lowest BCUT2D eigenvalue weighted by molar-refractivity contribution is -0.123. The number of anilines is 3. The van der Waals surface area contributed by atoms with Gasteiger partial charge in [0.2, 0.25) is 21.8 Å². The van der Waals surface area contributed by atoms with Gasteiger partial charge in [0.05, 0.1) is 16.3 Å². The van der Waals surface area contributed by atoms with Gasteiger partial charge in [0.15, 0.2) is 0 Å². The number of aryl methyl sites for hydroxylation is 1. The number of para-hydroxylation sites is 1. The van der Waals surface area contributed by atoms with Gasteiger partial charge in [-0.25, -0.2) is 12.7 Å². The molecule has 1 fully saturated rings. The van der Waals surface area contributed by atoms with Crippen molar-refractivity contribution in [1.82, 2.24) is 4.31 Å². The summed E-state index contributed by atoms with van der Waals surface area (Å²) in [5.74, 6) is -0.485. The highest BCUT2D eigenvalue weighted by Gasteiger charge is 2.40. The molecule has 2 aliphatic rings. The van der Waals surface area contributed by atoms with Gasteiger partial charge in [-0.3, -0.25) is 14.5 Å². The highest BCUT2D eigenvalue weighted by molar-refractivity contribution is 7.89. The molecule has 2 aromatic rings. The molecule has 0 radical (unpaired) electrons. The first-order valence-corrected chi connectivity index (χ1v) is 12.7. The zero-order valence-electron chi connectivity index (χ0n) is 19.2. The van der Waals surface area contributed by atoms with Crippen LogP contribution in [0.5, 0.6) is 0 Å². The van der Waals surface area contributed by atoms with E-state index in [-0.39, 0.29) is 29.3 Å². The molecule has 0 saturated carbocycles. The van der Waals surface area contributed by atoms with Gasteiger partial charge in [-0.2, -0.15) is 0 Å². The molecule has 1 N–H and O–H groups in total. The fourth-order valence-electron chi connectivity index (χ4n) is 4.56. The molecule has 8 nitrogen and oxygen atoms in total. The highest BCUT2D eigenvalue weighted by Crippen LogP contribution is 2.40. The Labute approximate surface area is 195 Å². The van der Waals surface area contributed by atoms with Crippen molar-refractivity contribution in [3.8, 4) is 0 Å². The SMILES string of the molecule is CCc1ccccc1NC(=O)CN1C(=O)[C@@H]2CCCCN2c2ccc(S(=O)(=O)N(C)C)cc21. The molecule has 2 heterocycles. The standard InChI is InChI=1S/C24H30N4O4S/c1-4-17-9-5-6-10-19(17)25-23(29)16-28-22-15-18(33(31,32)26(2)3)12-13-20(22)27-14-8-7-11-21(27)24(28)30/h5-6,9-10,12-13,15,21H,4,7-8,11,14,16H2,1-3H3,(H,25,29)/t21-/m0/s1. The summed E-state index contributed by atoms with van der Waals surface area (Å²) in [6.07, 6.45) is 3.39. The molecule has 33 heavy (non-hydrogen) atoms. The largest absolute Gasteiger partial charge is 0.358 e. The minimum atomic E-state index is -3.69. The van der Waals surface area contributed by atoms with Crippen LogP contribution in [-0.2, 0) is 26.0 Å². The van der Waals surface area contributed by atoms with Gasteiger partial charge in [-0.1, -0.05) is 25.1 Å². The second-order valence-corrected chi connectivity index (χ2v) is 10.8. The van der Waals surface area contributed by atoms with Crippen LogP contribution in [-0.4, -0.2) is 57.8 Å². The molecule has 4 rings (SSSR count). The zero-order chi connectivity index (χ0) is 23.8. The van der Waals surface area contributed by atoms with Crippen molar-refractivity contribution in [3.05, 3.63) is 48.0 Å². The molecule has 2 aliphatic heterocycles. The van der Waals surface area contributed by atoms with E-state index in [1.54, 1.807) is 12.1 Å². The maximum absolute atomic E-state index is 13.5. The average Bonchev–Trinajstić information content (AvgIpc) is 2.81. The van der Waals surface area contributed by atoms with Crippen molar-refractivity contribution < 1.29 is 18.0 Å². The molecule has 0 aromatic heterocycles. The molecule has 0 bridgehead atoms. The molecule has 2 aromatic carbocycles. The Hall–Kier alpha value is -2.91. The summed E-state index contributed by atoms with van der Waals surface area (Å²) in [4.78, 5) is 30.1. The Balaban J connectivity index is 1.71. The van der Waals surface area contributed by atoms with E-state index in [4.69, 9.17) is 0 Å². The average molecular weight is 471 g/mol. The number of carbonyl (C=O) groups is 2. The van der Waals surface area contributed by atoms with Gasteiger partial charge in [-0.15, -0.1) is 0 Å². The molecular formula is C24H30N4O4S. The first kappa shape index (κ1) is 23.3. The minimum Gasteiger partial charge on any atom is -0.358 e. The summed E-state index contributed by atoms with van der Waals surface area (Å²) >= 11 is 0. The summed E-state index contributed by atoms with van der Waals surface area (Å²) in [7, 11) is -0.752. The van der Waals surface area contributed by atoms with Crippen LogP contribution in [0.15, 0.2) is 47.4 Å². The monoisotopic (exact) mass is 470 g/mol. The number of rotatable bonds is 6. The maximum Gasteiger partial charge on any atom is 0.250 e. The third kappa shape index (κ3) is 4.35. The number of carbonyl (C=O) groups excluding carboxylic acids is 2. The third-order valence-electron chi connectivity index (χ3n) is 6.35. The van der Waals surface area contributed by atoms with Crippen molar-refractivity contribution >= 4 is 38.9 Å². The van der Waals surface area contributed by atoms with Crippen LogP contribution in [0.3, 0.4) is 0 Å². The lowest BCUT2D eigenvalue weighted by atomic mass is 9.96. The topological polar surface area (TPSA) is 90.0 Å². The Morgan fingerprint density at radius 1 is 1.12 bits per heavy atom. The summed E-state index contributed by atoms with van der Waals surface area (Å²) < 4.78 is 26.6. The van der Waals surface area contributed by atoms with E-state index < -0.39 is 10.0 Å². The van der Waals surface area contributed by atoms with Crippen LogP contribution >= 0.6 is 0 Å². The number of sulfonamides is 1. The maximum atomic E-state index is 13.5. The van der Waals surface area contributed by atoms with Crippen LogP contribution in [0.4, 0.5) is 17.1 Å². The number of nitrogens with one attached hydrogen (secondary N) is 1.